The van der Waals surface area contributed by atoms with Crippen molar-refractivity contribution in [3.63, 3.8) is 0 Å². The summed E-state index contributed by atoms with van der Waals surface area (Å²) in [5.74, 6) is 0.202. The summed E-state index contributed by atoms with van der Waals surface area (Å²) in [7, 11) is 0. The molecule has 1 heterocycles. The molecule has 0 fully saturated rings. The Morgan fingerprint density at radius 1 is 1.40 bits per heavy atom. The zero-order valence-electron chi connectivity index (χ0n) is 12.4. The highest BCUT2D eigenvalue weighted by molar-refractivity contribution is 7.80. The maximum Gasteiger partial charge on any atom is 0.357 e. The van der Waals surface area contributed by atoms with Gasteiger partial charge < -0.3 is 14.8 Å². The van der Waals surface area contributed by atoms with Gasteiger partial charge in [-0.3, -0.25) is 0 Å². The number of ether oxygens (including phenoxy) is 2. The van der Waals surface area contributed by atoms with Gasteiger partial charge in [0.25, 0.3) is 5.60 Å². The number of nitrogens with one attached hydrogen (secondary N) is 1. The molecule has 0 saturated carbocycles. The number of rotatable bonds is 2. The van der Waals surface area contributed by atoms with Gasteiger partial charge in [0.15, 0.2) is 0 Å². The van der Waals surface area contributed by atoms with Crippen LogP contribution in [0, 0.1) is 20.8 Å². The summed E-state index contributed by atoms with van der Waals surface area (Å²) in [6, 6.07) is 2.07. The minimum atomic E-state index is -1.27. The Bertz CT molecular complexity index is 597. The SMILES string of the molecule is CCOC(=O)C1(C)Oc2c(C)c(C)cc(C)c2NC1=S. The van der Waals surface area contributed by atoms with E-state index in [1.165, 1.54) is 0 Å². The van der Waals surface area contributed by atoms with Gasteiger partial charge in [0, 0.05) is 0 Å². The number of aryl methyl sites for hydroxylation is 2. The highest BCUT2D eigenvalue weighted by Gasteiger charge is 2.46. The van der Waals surface area contributed by atoms with Gasteiger partial charge in [0.1, 0.15) is 10.7 Å². The molecule has 0 aromatic heterocycles. The van der Waals surface area contributed by atoms with Crippen molar-refractivity contribution in [2.24, 2.45) is 0 Å². The van der Waals surface area contributed by atoms with Crippen molar-refractivity contribution in [1.82, 2.24) is 0 Å². The Kier molecular flexibility index (Phi) is 3.73. The van der Waals surface area contributed by atoms with Crippen LogP contribution in [-0.2, 0) is 9.53 Å². The smallest absolute Gasteiger partial charge is 0.357 e. The lowest BCUT2D eigenvalue weighted by Gasteiger charge is -2.36. The van der Waals surface area contributed by atoms with Crippen LogP contribution in [0.3, 0.4) is 0 Å². The fourth-order valence-corrected chi connectivity index (χ4v) is 2.45. The minimum absolute atomic E-state index is 0.291. The molecule has 0 saturated heterocycles. The number of benzene rings is 1. The van der Waals surface area contributed by atoms with Crippen molar-refractivity contribution in [3.8, 4) is 5.75 Å². The monoisotopic (exact) mass is 293 g/mol. The molecule has 0 aliphatic carbocycles. The fraction of sp³-hybridized carbons (Fsp3) is 0.467. The Morgan fingerprint density at radius 2 is 2.05 bits per heavy atom. The number of anilines is 1. The van der Waals surface area contributed by atoms with Crippen molar-refractivity contribution in [1.29, 1.82) is 0 Å². The van der Waals surface area contributed by atoms with E-state index in [4.69, 9.17) is 21.7 Å². The van der Waals surface area contributed by atoms with Crippen molar-refractivity contribution < 1.29 is 14.3 Å². The lowest BCUT2D eigenvalue weighted by atomic mass is 9.98. The molecule has 0 spiro atoms. The van der Waals surface area contributed by atoms with Crippen molar-refractivity contribution in [2.75, 3.05) is 11.9 Å². The summed E-state index contributed by atoms with van der Waals surface area (Å²) in [5, 5.41) is 3.13. The second kappa shape index (κ2) is 5.05. The van der Waals surface area contributed by atoms with Crippen LogP contribution in [0.1, 0.15) is 30.5 Å². The van der Waals surface area contributed by atoms with Crippen molar-refractivity contribution in [2.45, 2.75) is 40.2 Å². The second-order valence-electron chi connectivity index (χ2n) is 5.15. The number of hydrogen-bond acceptors (Lipinski definition) is 4. The van der Waals surface area contributed by atoms with Gasteiger partial charge in [-0.15, -0.1) is 0 Å². The van der Waals surface area contributed by atoms with Crippen molar-refractivity contribution in [3.05, 3.63) is 22.8 Å². The Balaban J connectivity index is 2.52. The molecule has 4 nitrogen and oxygen atoms in total. The normalized spacial score (nSPS) is 20.8. The number of hydrogen-bond donors (Lipinski definition) is 1. The standard InChI is InChI=1S/C15H19NO3S/c1-6-18-14(17)15(5)13(20)16-11-9(3)7-8(2)10(4)12(11)19-15/h7H,6H2,1-5H3,(H,16,20). The fourth-order valence-electron chi connectivity index (χ4n) is 2.22. The molecule has 2 rings (SSSR count). The zero-order valence-corrected chi connectivity index (χ0v) is 13.2. The van der Waals surface area contributed by atoms with E-state index < -0.39 is 11.6 Å². The van der Waals surface area contributed by atoms with Crippen LogP contribution in [0.2, 0.25) is 0 Å². The van der Waals surface area contributed by atoms with E-state index in [2.05, 4.69) is 11.4 Å². The molecular weight excluding hydrogens is 274 g/mol. The summed E-state index contributed by atoms with van der Waals surface area (Å²) in [6.07, 6.45) is 0. The molecule has 0 radical (unpaired) electrons. The third-order valence-corrected chi connectivity index (χ3v) is 4.12. The first-order chi connectivity index (χ1) is 9.31. The van der Waals surface area contributed by atoms with Crippen LogP contribution in [0.25, 0.3) is 0 Å². The average Bonchev–Trinajstić information content (AvgIpc) is 2.39. The van der Waals surface area contributed by atoms with E-state index in [9.17, 15) is 4.79 Å². The van der Waals surface area contributed by atoms with Crippen LogP contribution in [-0.4, -0.2) is 23.2 Å². The summed E-state index contributed by atoms with van der Waals surface area (Å²) in [6.45, 7) is 9.65. The lowest BCUT2D eigenvalue weighted by Crippen LogP contribution is -2.54. The summed E-state index contributed by atoms with van der Waals surface area (Å²) in [5.41, 5.74) is 2.71. The van der Waals surface area contributed by atoms with Crippen LogP contribution in [0.4, 0.5) is 5.69 Å². The van der Waals surface area contributed by atoms with Gasteiger partial charge in [-0.25, -0.2) is 4.79 Å². The summed E-state index contributed by atoms with van der Waals surface area (Å²) >= 11 is 5.31. The third-order valence-electron chi connectivity index (χ3n) is 3.63. The Hall–Kier alpha value is -1.62. The van der Waals surface area contributed by atoms with Gasteiger partial charge >= 0.3 is 5.97 Å². The first-order valence-corrected chi connectivity index (χ1v) is 7.00. The van der Waals surface area contributed by atoms with Gasteiger partial charge in [0.2, 0.25) is 0 Å². The van der Waals surface area contributed by atoms with Crippen LogP contribution >= 0.6 is 12.2 Å². The van der Waals surface area contributed by atoms with Crippen molar-refractivity contribution >= 4 is 28.9 Å². The number of fused-ring (bicyclic) bond motifs is 1. The van der Waals surface area contributed by atoms with Gasteiger partial charge in [0.05, 0.1) is 12.3 Å². The van der Waals surface area contributed by atoms with Crippen LogP contribution in [0.5, 0.6) is 5.75 Å². The molecule has 0 bridgehead atoms. The van der Waals surface area contributed by atoms with Crippen LogP contribution in [0.15, 0.2) is 6.07 Å². The molecule has 1 aromatic rings. The highest BCUT2D eigenvalue weighted by Crippen LogP contribution is 2.41. The maximum atomic E-state index is 12.1. The molecule has 5 heteroatoms. The molecule has 0 amide bonds. The highest BCUT2D eigenvalue weighted by atomic mass is 32.1. The molecule has 20 heavy (non-hydrogen) atoms. The maximum absolute atomic E-state index is 12.1. The molecular formula is C15H19NO3S. The van der Waals surface area contributed by atoms with E-state index in [1.54, 1.807) is 13.8 Å². The Labute approximate surface area is 124 Å². The third kappa shape index (κ3) is 2.16. The van der Waals surface area contributed by atoms with Gasteiger partial charge in [-0.2, -0.15) is 0 Å². The molecule has 1 unspecified atom stereocenters. The molecule has 1 N–H and O–H groups in total. The van der Waals surface area contributed by atoms with Gasteiger partial charge in [-0.1, -0.05) is 18.3 Å². The van der Waals surface area contributed by atoms with Crippen LogP contribution < -0.4 is 10.1 Å². The largest absolute Gasteiger partial charge is 0.466 e. The number of esters is 1. The minimum Gasteiger partial charge on any atom is -0.466 e. The molecule has 1 aliphatic heterocycles. The topological polar surface area (TPSA) is 47.6 Å². The summed E-state index contributed by atoms with van der Waals surface area (Å²) in [4.78, 5) is 12.5. The predicted molar refractivity (Wildman–Crippen MR) is 82.5 cm³/mol. The first-order valence-electron chi connectivity index (χ1n) is 6.59. The zero-order chi connectivity index (χ0) is 15.1. The quantitative estimate of drug-likeness (QED) is 0.671. The molecule has 1 aromatic carbocycles. The molecule has 1 aliphatic rings. The lowest BCUT2D eigenvalue weighted by molar-refractivity contribution is -0.154. The predicted octanol–water partition coefficient (Wildman–Crippen LogP) is 3.07. The number of carbonyl (C=O) groups excluding carboxylic acids is 1. The number of carbonyl (C=O) groups is 1. The van der Waals surface area contributed by atoms with E-state index in [-0.39, 0.29) is 0 Å². The molecule has 108 valence electrons. The Morgan fingerprint density at radius 3 is 2.65 bits per heavy atom. The summed E-state index contributed by atoms with van der Waals surface area (Å²) < 4.78 is 11.0. The van der Waals surface area contributed by atoms with E-state index in [0.29, 0.717) is 17.3 Å². The van der Waals surface area contributed by atoms with E-state index >= 15 is 0 Å². The van der Waals surface area contributed by atoms with E-state index in [0.717, 1.165) is 22.4 Å². The van der Waals surface area contributed by atoms with Gasteiger partial charge in [-0.05, 0) is 51.3 Å². The second-order valence-corrected chi connectivity index (χ2v) is 5.56. The average molecular weight is 293 g/mol. The number of thiocarbonyl (C=S) groups is 1. The van der Waals surface area contributed by atoms with E-state index in [1.807, 2.05) is 20.8 Å². The first kappa shape index (κ1) is 14.8. The molecule has 1 atom stereocenters.